The Hall–Kier alpha value is -2.91. The van der Waals surface area contributed by atoms with Crippen molar-refractivity contribution < 1.29 is 9.53 Å². The van der Waals surface area contributed by atoms with Crippen LogP contribution in [0.4, 0.5) is 0 Å². The molecule has 3 aromatic carbocycles. The fourth-order valence-electron chi connectivity index (χ4n) is 3.57. The predicted octanol–water partition coefficient (Wildman–Crippen LogP) is 4.57. The van der Waals surface area contributed by atoms with Gasteiger partial charge < -0.3 is 9.64 Å². The monoisotopic (exact) mass is 357 g/mol. The van der Waals surface area contributed by atoms with Gasteiger partial charge in [-0.15, -0.1) is 0 Å². The molecule has 0 bridgehead atoms. The van der Waals surface area contributed by atoms with Crippen LogP contribution in [0.1, 0.15) is 21.5 Å². The minimum absolute atomic E-state index is 0.0251. The van der Waals surface area contributed by atoms with E-state index in [-0.39, 0.29) is 12.0 Å². The number of hydrogen-bond acceptors (Lipinski definition) is 2. The third kappa shape index (κ3) is 3.93. The summed E-state index contributed by atoms with van der Waals surface area (Å²) in [5, 5.41) is 0. The van der Waals surface area contributed by atoms with Crippen molar-refractivity contribution in [2.75, 3.05) is 13.6 Å². The van der Waals surface area contributed by atoms with Crippen molar-refractivity contribution in [1.82, 2.24) is 4.90 Å². The minimum atomic E-state index is 0.0251. The lowest BCUT2D eigenvalue weighted by atomic mass is 9.99. The molecule has 0 saturated carbocycles. The molecule has 1 unspecified atom stereocenters. The van der Waals surface area contributed by atoms with Crippen molar-refractivity contribution >= 4 is 5.91 Å². The molecule has 0 radical (unpaired) electrons. The van der Waals surface area contributed by atoms with E-state index in [1.165, 1.54) is 11.1 Å². The van der Waals surface area contributed by atoms with Gasteiger partial charge in [0.25, 0.3) is 5.91 Å². The van der Waals surface area contributed by atoms with Crippen molar-refractivity contribution in [2.45, 2.75) is 19.1 Å². The number of ether oxygens (including phenoxy) is 1. The average Bonchev–Trinajstić information content (AvgIpc) is 2.74. The first-order valence-electron chi connectivity index (χ1n) is 9.30. The van der Waals surface area contributed by atoms with Crippen molar-refractivity contribution in [3.63, 3.8) is 0 Å². The molecule has 3 nitrogen and oxygen atoms in total. The first-order valence-corrected chi connectivity index (χ1v) is 9.30. The number of benzene rings is 3. The molecule has 1 heterocycles. The lowest BCUT2D eigenvalue weighted by Crippen LogP contribution is -2.38. The number of nitrogens with zero attached hydrogens (tertiary/aromatic N) is 1. The second kappa shape index (κ2) is 7.77. The molecule has 1 aliphatic rings. The highest BCUT2D eigenvalue weighted by Crippen LogP contribution is 2.22. The lowest BCUT2D eigenvalue weighted by molar-refractivity contribution is 0.00985. The zero-order chi connectivity index (χ0) is 18.6. The zero-order valence-electron chi connectivity index (χ0n) is 15.5. The molecule has 0 aliphatic carbocycles. The van der Waals surface area contributed by atoms with E-state index in [9.17, 15) is 4.79 Å². The van der Waals surface area contributed by atoms with Crippen molar-refractivity contribution in [3.8, 4) is 11.1 Å². The predicted molar refractivity (Wildman–Crippen MR) is 108 cm³/mol. The first-order chi connectivity index (χ1) is 13.2. The molecule has 0 saturated heterocycles. The molecule has 1 amide bonds. The Morgan fingerprint density at radius 1 is 0.889 bits per heavy atom. The lowest BCUT2D eigenvalue weighted by Gasteiger charge is -2.29. The van der Waals surface area contributed by atoms with Crippen LogP contribution in [-0.2, 0) is 17.8 Å². The Bertz CT molecular complexity index is 919. The number of carbonyl (C=O) groups is 1. The fraction of sp³-hybridized carbons (Fsp3) is 0.208. The molecule has 0 fully saturated rings. The van der Waals surface area contributed by atoms with Gasteiger partial charge in [-0.3, -0.25) is 4.79 Å². The van der Waals surface area contributed by atoms with Crippen LogP contribution in [0.25, 0.3) is 11.1 Å². The molecule has 0 aromatic heterocycles. The van der Waals surface area contributed by atoms with Gasteiger partial charge in [-0.25, -0.2) is 0 Å². The summed E-state index contributed by atoms with van der Waals surface area (Å²) in [6.45, 7) is 1.21. The van der Waals surface area contributed by atoms with E-state index in [1.807, 2.05) is 55.6 Å². The summed E-state index contributed by atoms with van der Waals surface area (Å²) in [7, 11) is 1.84. The maximum Gasteiger partial charge on any atom is 0.253 e. The molecule has 3 aromatic rings. The Morgan fingerprint density at radius 2 is 1.52 bits per heavy atom. The Balaban J connectivity index is 1.41. The molecular formula is C24H23NO2. The smallest absolute Gasteiger partial charge is 0.253 e. The Labute approximate surface area is 160 Å². The maximum absolute atomic E-state index is 12.8. The number of carbonyl (C=O) groups excluding carboxylic acids is 1. The van der Waals surface area contributed by atoms with Gasteiger partial charge in [-0.1, -0.05) is 66.7 Å². The molecule has 0 N–H and O–H groups in total. The third-order valence-electron chi connectivity index (χ3n) is 5.10. The second-order valence-corrected chi connectivity index (χ2v) is 7.03. The normalized spacial score (nSPS) is 15.8. The van der Waals surface area contributed by atoms with Crippen LogP contribution < -0.4 is 0 Å². The van der Waals surface area contributed by atoms with E-state index in [0.29, 0.717) is 18.7 Å². The number of rotatable bonds is 4. The van der Waals surface area contributed by atoms with Gasteiger partial charge >= 0.3 is 0 Å². The number of fused-ring (bicyclic) bond motifs is 1. The van der Waals surface area contributed by atoms with Crippen LogP contribution in [-0.4, -0.2) is 30.5 Å². The maximum atomic E-state index is 12.8. The van der Waals surface area contributed by atoms with E-state index in [4.69, 9.17) is 4.74 Å². The van der Waals surface area contributed by atoms with Gasteiger partial charge in [0, 0.05) is 25.6 Å². The van der Waals surface area contributed by atoms with E-state index < -0.39 is 0 Å². The summed E-state index contributed by atoms with van der Waals surface area (Å²) in [5.41, 5.74) is 5.54. The van der Waals surface area contributed by atoms with Gasteiger partial charge in [0.2, 0.25) is 0 Å². The van der Waals surface area contributed by atoms with Crippen LogP contribution in [0.2, 0.25) is 0 Å². The molecular weight excluding hydrogens is 334 g/mol. The summed E-state index contributed by atoms with van der Waals surface area (Å²) in [5.74, 6) is 0.0251. The Kier molecular flexibility index (Phi) is 5.03. The molecule has 4 rings (SSSR count). The molecule has 0 spiro atoms. The largest absolute Gasteiger partial charge is 0.371 e. The summed E-state index contributed by atoms with van der Waals surface area (Å²) < 4.78 is 5.94. The van der Waals surface area contributed by atoms with E-state index in [0.717, 1.165) is 17.5 Å². The number of likely N-dealkylation sites (N-methyl/N-ethyl adjacent to an activating group) is 1. The van der Waals surface area contributed by atoms with Crippen LogP contribution >= 0.6 is 0 Å². The van der Waals surface area contributed by atoms with Crippen LogP contribution in [0.3, 0.4) is 0 Å². The summed E-state index contributed by atoms with van der Waals surface area (Å²) >= 11 is 0. The van der Waals surface area contributed by atoms with Crippen molar-refractivity contribution in [1.29, 1.82) is 0 Å². The Morgan fingerprint density at radius 3 is 2.26 bits per heavy atom. The zero-order valence-corrected chi connectivity index (χ0v) is 15.5. The minimum Gasteiger partial charge on any atom is -0.371 e. The highest BCUT2D eigenvalue weighted by Gasteiger charge is 2.22. The van der Waals surface area contributed by atoms with Crippen molar-refractivity contribution in [3.05, 3.63) is 95.6 Å². The number of amides is 1. The topological polar surface area (TPSA) is 29.5 Å². The quantitative estimate of drug-likeness (QED) is 0.685. The van der Waals surface area contributed by atoms with Gasteiger partial charge in [0.05, 0.1) is 12.7 Å². The molecule has 1 atom stereocenters. The van der Waals surface area contributed by atoms with Gasteiger partial charge in [-0.2, -0.15) is 0 Å². The fourth-order valence-corrected chi connectivity index (χ4v) is 3.57. The molecule has 3 heteroatoms. The van der Waals surface area contributed by atoms with E-state index >= 15 is 0 Å². The molecule has 27 heavy (non-hydrogen) atoms. The van der Waals surface area contributed by atoms with Crippen LogP contribution in [0.5, 0.6) is 0 Å². The summed E-state index contributed by atoms with van der Waals surface area (Å²) in [6.07, 6.45) is 0.887. The highest BCUT2D eigenvalue weighted by atomic mass is 16.5. The summed E-state index contributed by atoms with van der Waals surface area (Å²) in [6, 6.07) is 26.3. The summed E-state index contributed by atoms with van der Waals surface area (Å²) in [4.78, 5) is 14.5. The molecule has 136 valence electrons. The standard InChI is InChI=1S/C24H23NO2/c1-25(16-23-15-21-9-5-6-10-22(21)17-27-23)24(26)20-13-11-19(12-14-20)18-7-3-2-4-8-18/h2-14,23H,15-17H2,1H3. The second-order valence-electron chi connectivity index (χ2n) is 7.03. The molecule has 1 aliphatic heterocycles. The first kappa shape index (κ1) is 17.5. The van der Waals surface area contributed by atoms with Crippen molar-refractivity contribution in [2.24, 2.45) is 0 Å². The average molecular weight is 357 g/mol. The van der Waals surface area contributed by atoms with Gasteiger partial charge in [0.15, 0.2) is 0 Å². The number of hydrogen-bond donors (Lipinski definition) is 0. The van der Waals surface area contributed by atoms with Crippen LogP contribution in [0, 0.1) is 0 Å². The van der Waals surface area contributed by atoms with E-state index in [2.05, 4.69) is 30.3 Å². The third-order valence-corrected chi connectivity index (χ3v) is 5.10. The van der Waals surface area contributed by atoms with Crippen LogP contribution in [0.15, 0.2) is 78.9 Å². The highest BCUT2D eigenvalue weighted by molar-refractivity contribution is 5.94. The van der Waals surface area contributed by atoms with E-state index in [1.54, 1.807) is 4.90 Å². The van der Waals surface area contributed by atoms with Gasteiger partial charge in [0.1, 0.15) is 0 Å². The SMILES string of the molecule is CN(CC1Cc2ccccc2CO1)C(=O)c1ccc(-c2ccccc2)cc1. The van der Waals surface area contributed by atoms with Gasteiger partial charge in [-0.05, 0) is 34.4 Å².